The van der Waals surface area contributed by atoms with Crippen molar-refractivity contribution in [2.24, 2.45) is 16.7 Å². The second-order valence-corrected chi connectivity index (χ2v) is 5.19. The zero-order valence-corrected chi connectivity index (χ0v) is 8.75. The topological polar surface area (TPSA) is 74.6 Å². The molecule has 0 radical (unpaired) electrons. The fourth-order valence-corrected chi connectivity index (χ4v) is 3.13. The Morgan fingerprint density at radius 2 is 1.47 bits per heavy atom. The predicted molar refractivity (Wildman–Crippen MR) is 48.2 cm³/mol. The highest BCUT2D eigenvalue weighted by Crippen LogP contribution is 2.68. The van der Waals surface area contributed by atoms with Crippen molar-refractivity contribution >= 4 is 11.9 Å². The molecule has 2 fully saturated rings. The summed E-state index contributed by atoms with van der Waals surface area (Å²) in [6, 6.07) is 0. The van der Waals surface area contributed by atoms with Gasteiger partial charge < -0.3 is 10.2 Å². The molecule has 0 heterocycles. The Bertz CT molecular complexity index is 358. The number of halogens is 3. The SMILES string of the molecule is O=C(O)C1(C(=O)O)CC2(CC(C(F)(F)F)C2)C1. The summed E-state index contributed by atoms with van der Waals surface area (Å²) in [4.78, 5) is 21.7. The van der Waals surface area contributed by atoms with Crippen molar-refractivity contribution in [2.75, 3.05) is 0 Å². The van der Waals surface area contributed by atoms with Crippen molar-refractivity contribution in [2.45, 2.75) is 31.9 Å². The molecule has 0 aromatic carbocycles. The molecule has 0 atom stereocenters. The van der Waals surface area contributed by atoms with Crippen LogP contribution in [0.5, 0.6) is 0 Å². The normalized spacial score (nSPS) is 26.1. The van der Waals surface area contributed by atoms with Crippen LogP contribution in [0.2, 0.25) is 0 Å². The van der Waals surface area contributed by atoms with Crippen molar-refractivity contribution in [1.29, 1.82) is 0 Å². The van der Waals surface area contributed by atoms with Crippen LogP contribution in [0.1, 0.15) is 25.7 Å². The second kappa shape index (κ2) is 3.14. The Morgan fingerprint density at radius 3 is 1.76 bits per heavy atom. The average molecular weight is 252 g/mol. The van der Waals surface area contributed by atoms with Gasteiger partial charge >= 0.3 is 18.1 Å². The van der Waals surface area contributed by atoms with Crippen molar-refractivity contribution in [1.82, 2.24) is 0 Å². The minimum Gasteiger partial charge on any atom is -0.480 e. The molecule has 0 unspecified atom stereocenters. The molecule has 4 nitrogen and oxygen atoms in total. The first-order valence-electron chi connectivity index (χ1n) is 5.15. The van der Waals surface area contributed by atoms with Crippen molar-refractivity contribution in [3.8, 4) is 0 Å². The number of hydrogen-bond donors (Lipinski definition) is 2. The minimum absolute atomic E-state index is 0.140. The molecular weight excluding hydrogens is 241 g/mol. The summed E-state index contributed by atoms with van der Waals surface area (Å²) >= 11 is 0. The molecule has 0 aromatic rings. The van der Waals surface area contributed by atoms with Gasteiger partial charge in [-0.15, -0.1) is 0 Å². The fourth-order valence-electron chi connectivity index (χ4n) is 3.13. The van der Waals surface area contributed by atoms with Crippen molar-refractivity contribution in [3.63, 3.8) is 0 Å². The van der Waals surface area contributed by atoms with Crippen LogP contribution in [0.15, 0.2) is 0 Å². The standard InChI is InChI=1S/C10H11F3O4/c11-10(12,13)5-1-8(2-5)3-9(4-8,6(14)15)7(16)17/h5H,1-4H2,(H,14,15)(H,16,17). The first-order chi connectivity index (χ1) is 7.61. The number of hydrogen-bond acceptors (Lipinski definition) is 2. The highest BCUT2D eigenvalue weighted by molar-refractivity contribution is 5.99. The van der Waals surface area contributed by atoms with E-state index in [1.807, 2.05) is 0 Å². The Hall–Kier alpha value is -1.27. The first kappa shape index (κ1) is 12.2. The molecule has 0 aromatic heterocycles. The van der Waals surface area contributed by atoms with E-state index >= 15 is 0 Å². The number of rotatable bonds is 2. The Morgan fingerprint density at radius 1 is 1.06 bits per heavy atom. The quantitative estimate of drug-likeness (QED) is 0.736. The van der Waals surface area contributed by atoms with Crippen LogP contribution in [0.4, 0.5) is 13.2 Å². The molecule has 0 aliphatic heterocycles. The Kier molecular flexibility index (Phi) is 2.25. The molecule has 2 rings (SSSR count). The minimum atomic E-state index is -4.25. The van der Waals surface area contributed by atoms with Crippen LogP contribution in [0, 0.1) is 16.7 Å². The summed E-state index contributed by atoms with van der Waals surface area (Å²) < 4.78 is 36.8. The predicted octanol–water partition coefficient (Wildman–Crippen LogP) is 1.89. The third-order valence-corrected chi connectivity index (χ3v) is 3.99. The molecular formula is C10H11F3O4. The van der Waals surface area contributed by atoms with Gasteiger partial charge in [0.1, 0.15) is 0 Å². The maximum Gasteiger partial charge on any atom is 0.391 e. The average Bonchev–Trinajstić information content (AvgIpc) is 1.94. The van der Waals surface area contributed by atoms with Crippen molar-refractivity contribution in [3.05, 3.63) is 0 Å². The molecule has 2 aliphatic rings. The van der Waals surface area contributed by atoms with E-state index < -0.39 is 34.9 Å². The molecule has 17 heavy (non-hydrogen) atoms. The van der Waals surface area contributed by atoms with Gasteiger partial charge in [-0.1, -0.05) is 0 Å². The van der Waals surface area contributed by atoms with E-state index in [0.29, 0.717) is 0 Å². The summed E-state index contributed by atoms with van der Waals surface area (Å²) in [5, 5.41) is 17.7. The highest BCUT2D eigenvalue weighted by atomic mass is 19.4. The van der Waals surface area contributed by atoms with Gasteiger partial charge in [-0.3, -0.25) is 9.59 Å². The third-order valence-electron chi connectivity index (χ3n) is 3.99. The summed E-state index contributed by atoms with van der Waals surface area (Å²) in [5.41, 5.74) is -2.58. The van der Waals surface area contributed by atoms with Gasteiger partial charge in [0.05, 0.1) is 5.92 Å². The summed E-state index contributed by atoms with van der Waals surface area (Å²) in [6.45, 7) is 0. The lowest BCUT2D eigenvalue weighted by Crippen LogP contribution is -2.62. The van der Waals surface area contributed by atoms with E-state index in [9.17, 15) is 22.8 Å². The van der Waals surface area contributed by atoms with Gasteiger partial charge in [0.2, 0.25) is 0 Å². The van der Waals surface area contributed by atoms with E-state index in [-0.39, 0.29) is 25.7 Å². The molecule has 2 aliphatic carbocycles. The van der Waals surface area contributed by atoms with Gasteiger partial charge in [0.15, 0.2) is 5.41 Å². The zero-order valence-electron chi connectivity index (χ0n) is 8.75. The van der Waals surface area contributed by atoms with Crippen LogP contribution in [-0.2, 0) is 9.59 Å². The lowest BCUT2D eigenvalue weighted by Gasteiger charge is -2.60. The van der Waals surface area contributed by atoms with Crippen LogP contribution >= 0.6 is 0 Å². The molecule has 0 bridgehead atoms. The van der Waals surface area contributed by atoms with Crippen molar-refractivity contribution < 1.29 is 33.0 Å². The maximum absolute atomic E-state index is 12.3. The Labute approximate surface area is 94.4 Å². The van der Waals surface area contributed by atoms with Crippen LogP contribution in [0.25, 0.3) is 0 Å². The molecule has 0 saturated heterocycles. The van der Waals surface area contributed by atoms with Gasteiger partial charge in [-0.05, 0) is 31.1 Å². The van der Waals surface area contributed by atoms with Gasteiger partial charge in [-0.25, -0.2) is 0 Å². The largest absolute Gasteiger partial charge is 0.480 e. The number of carboxylic acid groups (broad SMARTS) is 2. The van der Waals surface area contributed by atoms with E-state index in [1.165, 1.54) is 0 Å². The van der Waals surface area contributed by atoms with Gasteiger partial charge in [0.25, 0.3) is 0 Å². The molecule has 1 spiro atoms. The van der Waals surface area contributed by atoms with E-state index in [2.05, 4.69) is 0 Å². The van der Waals surface area contributed by atoms with Gasteiger partial charge in [-0.2, -0.15) is 13.2 Å². The zero-order chi connectivity index (χ0) is 13.1. The lowest BCUT2D eigenvalue weighted by molar-refractivity contribution is -0.252. The molecule has 96 valence electrons. The lowest BCUT2D eigenvalue weighted by atomic mass is 9.42. The molecule has 0 amide bonds. The van der Waals surface area contributed by atoms with E-state index in [1.54, 1.807) is 0 Å². The maximum atomic E-state index is 12.3. The molecule has 7 heteroatoms. The smallest absolute Gasteiger partial charge is 0.391 e. The summed E-state index contributed by atoms with van der Waals surface area (Å²) in [5.74, 6) is -4.31. The molecule has 2 saturated carbocycles. The number of carbonyl (C=O) groups is 2. The second-order valence-electron chi connectivity index (χ2n) is 5.19. The highest BCUT2D eigenvalue weighted by Gasteiger charge is 2.70. The number of aliphatic carboxylic acids is 2. The number of alkyl halides is 3. The van der Waals surface area contributed by atoms with E-state index in [0.717, 1.165) is 0 Å². The first-order valence-corrected chi connectivity index (χ1v) is 5.15. The third kappa shape index (κ3) is 1.59. The van der Waals surface area contributed by atoms with E-state index in [4.69, 9.17) is 10.2 Å². The van der Waals surface area contributed by atoms with Gasteiger partial charge in [0, 0.05) is 0 Å². The van der Waals surface area contributed by atoms with Crippen LogP contribution in [0.3, 0.4) is 0 Å². The molecule has 2 N–H and O–H groups in total. The van der Waals surface area contributed by atoms with Crippen LogP contribution < -0.4 is 0 Å². The monoisotopic (exact) mass is 252 g/mol. The Balaban J connectivity index is 2.00. The summed E-state index contributed by atoms with van der Waals surface area (Å²) in [6.07, 6.45) is -4.90. The van der Waals surface area contributed by atoms with Crippen LogP contribution in [-0.4, -0.2) is 28.3 Å². The number of carboxylic acids is 2. The summed E-state index contributed by atoms with van der Waals surface area (Å²) in [7, 11) is 0. The fraction of sp³-hybridized carbons (Fsp3) is 0.800.